The SMILES string of the molecule is Cc1ccc(C2O[C@@H](C)[C@H](C)O2)cc1. The van der Waals surface area contributed by atoms with Crippen molar-refractivity contribution in [3.05, 3.63) is 35.4 Å². The van der Waals surface area contributed by atoms with Gasteiger partial charge in [0.1, 0.15) is 0 Å². The van der Waals surface area contributed by atoms with E-state index in [0.717, 1.165) is 5.56 Å². The molecule has 0 N–H and O–H groups in total. The molecule has 1 aromatic rings. The molecule has 2 atom stereocenters. The smallest absolute Gasteiger partial charge is 0.184 e. The minimum absolute atomic E-state index is 0.180. The average Bonchev–Trinajstić information content (AvgIpc) is 2.48. The van der Waals surface area contributed by atoms with Crippen molar-refractivity contribution in [3.63, 3.8) is 0 Å². The van der Waals surface area contributed by atoms with Crippen molar-refractivity contribution in [3.8, 4) is 0 Å². The molecule has 0 amide bonds. The van der Waals surface area contributed by atoms with Crippen molar-refractivity contribution in [2.45, 2.75) is 39.3 Å². The summed E-state index contributed by atoms with van der Waals surface area (Å²) in [4.78, 5) is 0. The van der Waals surface area contributed by atoms with E-state index in [-0.39, 0.29) is 18.5 Å². The maximum absolute atomic E-state index is 5.68. The average molecular weight is 192 g/mol. The first-order valence-corrected chi connectivity index (χ1v) is 5.04. The van der Waals surface area contributed by atoms with E-state index in [1.54, 1.807) is 0 Å². The van der Waals surface area contributed by atoms with Crippen LogP contribution in [0.2, 0.25) is 0 Å². The zero-order chi connectivity index (χ0) is 10.1. The van der Waals surface area contributed by atoms with Crippen LogP contribution in [0.4, 0.5) is 0 Å². The van der Waals surface area contributed by atoms with E-state index in [1.165, 1.54) is 5.56 Å². The van der Waals surface area contributed by atoms with Gasteiger partial charge in [0.05, 0.1) is 12.2 Å². The Morgan fingerprint density at radius 2 is 1.43 bits per heavy atom. The Hall–Kier alpha value is -0.860. The Morgan fingerprint density at radius 3 is 1.93 bits per heavy atom. The molecule has 0 spiro atoms. The molecule has 1 heterocycles. The monoisotopic (exact) mass is 192 g/mol. The molecule has 0 aromatic heterocycles. The molecule has 2 rings (SSSR count). The largest absolute Gasteiger partial charge is 0.343 e. The van der Waals surface area contributed by atoms with Crippen LogP contribution in [-0.4, -0.2) is 12.2 Å². The molecule has 2 heteroatoms. The molecule has 1 fully saturated rings. The Morgan fingerprint density at radius 1 is 0.929 bits per heavy atom. The van der Waals surface area contributed by atoms with Crippen LogP contribution in [0.25, 0.3) is 0 Å². The first-order valence-electron chi connectivity index (χ1n) is 5.04. The molecule has 0 radical (unpaired) electrons. The molecular formula is C12H16O2. The molecule has 1 aliphatic rings. The second-order valence-corrected chi connectivity index (χ2v) is 3.93. The van der Waals surface area contributed by atoms with Gasteiger partial charge >= 0.3 is 0 Å². The first kappa shape index (κ1) is 9.69. The highest BCUT2D eigenvalue weighted by Crippen LogP contribution is 2.30. The van der Waals surface area contributed by atoms with Crippen LogP contribution in [-0.2, 0) is 9.47 Å². The summed E-state index contributed by atoms with van der Waals surface area (Å²) in [5, 5.41) is 0. The summed E-state index contributed by atoms with van der Waals surface area (Å²) >= 11 is 0. The summed E-state index contributed by atoms with van der Waals surface area (Å²) in [5.74, 6) is 0. The third kappa shape index (κ3) is 1.81. The number of hydrogen-bond donors (Lipinski definition) is 0. The zero-order valence-corrected chi connectivity index (χ0v) is 8.86. The molecular weight excluding hydrogens is 176 g/mol. The Bertz CT molecular complexity index is 295. The second kappa shape index (κ2) is 3.71. The van der Waals surface area contributed by atoms with Gasteiger partial charge in [0.15, 0.2) is 6.29 Å². The van der Waals surface area contributed by atoms with Gasteiger partial charge in [-0.05, 0) is 20.8 Å². The topological polar surface area (TPSA) is 18.5 Å². The lowest BCUT2D eigenvalue weighted by Gasteiger charge is -2.09. The van der Waals surface area contributed by atoms with Gasteiger partial charge in [-0.2, -0.15) is 0 Å². The summed E-state index contributed by atoms with van der Waals surface area (Å²) in [6, 6.07) is 8.28. The summed E-state index contributed by atoms with van der Waals surface area (Å²) in [5.41, 5.74) is 2.36. The Balaban J connectivity index is 2.13. The van der Waals surface area contributed by atoms with Crippen LogP contribution < -0.4 is 0 Å². The van der Waals surface area contributed by atoms with E-state index in [9.17, 15) is 0 Å². The van der Waals surface area contributed by atoms with Crippen molar-refractivity contribution < 1.29 is 9.47 Å². The van der Waals surface area contributed by atoms with Gasteiger partial charge in [-0.1, -0.05) is 29.8 Å². The Labute approximate surface area is 84.8 Å². The van der Waals surface area contributed by atoms with E-state index >= 15 is 0 Å². The zero-order valence-electron chi connectivity index (χ0n) is 8.86. The fourth-order valence-electron chi connectivity index (χ4n) is 1.52. The van der Waals surface area contributed by atoms with Crippen LogP contribution in [0.1, 0.15) is 31.3 Å². The number of benzene rings is 1. The quantitative estimate of drug-likeness (QED) is 0.681. The van der Waals surface area contributed by atoms with Gasteiger partial charge in [0.25, 0.3) is 0 Å². The maximum atomic E-state index is 5.68. The molecule has 1 aliphatic heterocycles. The predicted octanol–water partition coefficient (Wildman–Crippen LogP) is 2.82. The molecule has 0 saturated carbocycles. The lowest BCUT2D eigenvalue weighted by molar-refractivity contribution is -0.0652. The van der Waals surface area contributed by atoms with Crippen molar-refractivity contribution in [2.24, 2.45) is 0 Å². The van der Waals surface area contributed by atoms with Crippen LogP contribution in [0.5, 0.6) is 0 Å². The highest BCUT2D eigenvalue weighted by Gasteiger charge is 2.30. The minimum Gasteiger partial charge on any atom is -0.343 e. The first-order chi connectivity index (χ1) is 6.66. The number of aryl methyl sites for hydroxylation is 1. The van der Waals surface area contributed by atoms with E-state index < -0.39 is 0 Å². The molecule has 1 aromatic carbocycles. The van der Waals surface area contributed by atoms with Crippen LogP contribution in [0.3, 0.4) is 0 Å². The van der Waals surface area contributed by atoms with E-state index in [0.29, 0.717) is 0 Å². The lowest BCUT2D eigenvalue weighted by atomic mass is 10.1. The number of rotatable bonds is 1. The van der Waals surface area contributed by atoms with Crippen LogP contribution in [0.15, 0.2) is 24.3 Å². The van der Waals surface area contributed by atoms with E-state index in [1.807, 2.05) is 13.8 Å². The van der Waals surface area contributed by atoms with Gasteiger partial charge in [-0.15, -0.1) is 0 Å². The van der Waals surface area contributed by atoms with Crippen molar-refractivity contribution in [1.82, 2.24) is 0 Å². The fraction of sp³-hybridized carbons (Fsp3) is 0.500. The second-order valence-electron chi connectivity index (χ2n) is 3.93. The Kier molecular flexibility index (Phi) is 2.57. The number of hydrogen-bond acceptors (Lipinski definition) is 2. The fourth-order valence-corrected chi connectivity index (χ4v) is 1.52. The highest BCUT2D eigenvalue weighted by atomic mass is 16.7. The van der Waals surface area contributed by atoms with Gasteiger partial charge < -0.3 is 9.47 Å². The number of ether oxygens (including phenoxy) is 2. The van der Waals surface area contributed by atoms with E-state index in [4.69, 9.17) is 9.47 Å². The third-order valence-corrected chi connectivity index (χ3v) is 2.69. The molecule has 0 bridgehead atoms. The summed E-state index contributed by atoms with van der Waals surface area (Å²) in [7, 11) is 0. The van der Waals surface area contributed by atoms with E-state index in [2.05, 4.69) is 31.2 Å². The highest BCUT2D eigenvalue weighted by molar-refractivity contribution is 5.22. The van der Waals surface area contributed by atoms with Gasteiger partial charge in [0, 0.05) is 5.56 Å². The van der Waals surface area contributed by atoms with Gasteiger partial charge in [-0.3, -0.25) is 0 Å². The molecule has 0 unspecified atom stereocenters. The lowest BCUT2D eigenvalue weighted by Crippen LogP contribution is -2.13. The molecule has 2 nitrogen and oxygen atoms in total. The molecule has 1 saturated heterocycles. The van der Waals surface area contributed by atoms with Gasteiger partial charge in [0.2, 0.25) is 0 Å². The molecule has 0 aliphatic carbocycles. The summed E-state index contributed by atoms with van der Waals surface area (Å²) in [6.45, 7) is 6.16. The van der Waals surface area contributed by atoms with Crippen LogP contribution in [0, 0.1) is 6.92 Å². The third-order valence-electron chi connectivity index (χ3n) is 2.69. The van der Waals surface area contributed by atoms with Gasteiger partial charge in [-0.25, -0.2) is 0 Å². The summed E-state index contributed by atoms with van der Waals surface area (Å²) < 4.78 is 11.4. The molecule has 14 heavy (non-hydrogen) atoms. The van der Waals surface area contributed by atoms with Crippen molar-refractivity contribution in [2.75, 3.05) is 0 Å². The van der Waals surface area contributed by atoms with Crippen LogP contribution >= 0.6 is 0 Å². The maximum Gasteiger partial charge on any atom is 0.184 e. The standard InChI is InChI=1S/C12H16O2/c1-8-4-6-11(7-5-8)12-13-9(2)10(3)14-12/h4-7,9-10,12H,1-3H3/t9-,10-/m0/s1. The normalized spacial score (nSPS) is 28.2. The summed E-state index contributed by atoms with van der Waals surface area (Å²) in [6.07, 6.45) is 0.184. The molecule has 76 valence electrons. The van der Waals surface area contributed by atoms with Crippen molar-refractivity contribution >= 4 is 0 Å². The van der Waals surface area contributed by atoms with Crippen molar-refractivity contribution in [1.29, 1.82) is 0 Å². The minimum atomic E-state index is -0.180. The predicted molar refractivity (Wildman–Crippen MR) is 55.0 cm³/mol.